The molecule has 0 aliphatic heterocycles. The van der Waals surface area contributed by atoms with Gasteiger partial charge in [-0.2, -0.15) is 13.1 Å². The molecule has 0 spiro atoms. The average molecular weight is 436 g/mol. The van der Waals surface area contributed by atoms with Crippen molar-refractivity contribution in [3.63, 3.8) is 0 Å². The zero-order chi connectivity index (χ0) is 20.5. The van der Waals surface area contributed by atoms with E-state index in [9.17, 15) is 21.6 Å². The lowest BCUT2D eigenvalue weighted by molar-refractivity contribution is -0.0512. The number of sulfonamides is 1. The Morgan fingerprint density at radius 3 is 2.46 bits per heavy atom. The maximum absolute atomic E-state index is 14.2. The number of nitrogens with zero attached hydrogens (tertiary/aromatic N) is 1. The second-order valence-electron chi connectivity index (χ2n) is 6.22. The lowest BCUT2D eigenvalue weighted by Crippen LogP contribution is -2.33. The predicted molar refractivity (Wildman–Crippen MR) is 96.8 cm³/mol. The van der Waals surface area contributed by atoms with Crippen LogP contribution in [0.5, 0.6) is 11.5 Å². The number of methoxy groups -OCH3 is 1. The van der Waals surface area contributed by atoms with E-state index in [-0.39, 0.29) is 29.1 Å². The van der Waals surface area contributed by atoms with Gasteiger partial charge in [-0.15, -0.1) is 0 Å². The van der Waals surface area contributed by atoms with Crippen LogP contribution in [0.3, 0.4) is 0 Å². The van der Waals surface area contributed by atoms with E-state index < -0.39 is 27.3 Å². The normalized spacial score (nSPS) is 14.5. The molecule has 1 aliphatic rings. The van der Waals surface area contributed by atoms with Crippen LogP contribution in [0.15, 0.2) is 41.3 Å². The molecule has 0 radical (unpaired) electrons. The van der Waals surface area contributed by atoms with Gasteiger partial charge in [-0.1, -0.05) is 17.7 Å². The first-order valence-corrected chi connectivity index (χ1v) is 10.1. The zero-order valence-corrected chi connectivity index (χ0v) is 16.3. The van der Waals surface area contributed by atoms with Gasteiger partial charge < -0.3 is 9.47 Å². The van der Waals surface area contributed by atoms with Crippen molar-refractivity contribution < 1.29 is 31.1 Å². The topological polar surface area (TPSA) is 55.8 Å². The Kier molecular flexibility index (Phi) is 6.07. The standard InChI is InChI=1S/C18H17ClF3NO4S/c1-26-16-8-11(2-6-15(16)27-18(21)22)10-23(13-4-5-13)28(24,25)17-7-3-12(19)9-14(17)20/h2-3,6-9,13,18H,4-5,10H2,1H3. The summed E-state index contributed by atoms with van der Waals surface area (Å²) in [5.41, 5.74) is 0.489. The van der Waals surface area contributed by atoms with E-state index in [0.29, 0.717) is 18.4 Å². The van der Waals surface area contributed by atoms with Crippen LogP contribution in [0.25, 0.3) is 0 Å². The predicted octanol–water partition coefficient (Wildman–Crippen LogP) is 4.44. The van der Waals surface area contributed by atoms with E-state index in [1.54, 1.807) is 0 Å². The molecule has 0 amide bonds. The molecule has 3 rings (SSSR count). The number of alkyl halides is 2. The second-order valence-corrected chi connectivity index (χ2v) is 8.52. The number of ether oxygens (including phenoxy) is 2. The van der Waals surface area contributed by atoms with Crippen LogP contribution in [0.2, 0.25) is 5.02 Å². The van der Waals surface area contributed by atoms with E-state index >= 15 is 0 Å². The Morgan fingerprint density at radius 1 is 1.18 bits per heavy atom. The van der Waals surface area contributed by atoms with Crippen LogP contribution in [0.4, 0.5) is 13.2 Å². The van der Waals surface area contributed by atoms with E-state index in [1.165, 1.54) is 35.7 Å². The molecular formula is C18H17ClF3NO4S. The minimum absolute atomic E-state index is 0.0450. The average Bonchev–Trinajstić information content (AvgIpc) is 3.44. The molecule has 10 heteroatoms. The monoisotopic (exact) mass is 435 g/mol. The summed E-state index contributed by atoms with van der Waals surface area (Å²) >= 11 is 5.71. The van der Waals surface area contributed by atoms with Crippen LogP contribution in [-0.4, -0.2) is 32.5 Å². The maximum Gasteiger partial charge on any atom is 0.387 e. The van der Waals surface area contributed by atoms with Gasteiger partial charge in [-0.05, 0) is 48.7 Å². The van der Waals surface area contributed by atoms with Crippen molar-refractivity contribution in [2.75, 3.05) is 7.11 Å². The fourth-order valence-electron chi connectivity index (χ4n) is 2.77. The van der Waals surface area contributed by atoms with Crippen molar-refractivity contribution in [1.29, 1.82) is 0 Å². The first-order valence-electron chi connectivity index (χ1n) is 8.31. The Labute approximate surface area is 165 Å². The quantitative estimate of drug-likeness (QED) is 0.615. The summed E-state index contributed by atoms with van der Waals surface area (Å²) in [6, 6.07) is 7.28. The first kappa shape index (κ1) is 20.8. The Balaban J connectivity index is 1.91. The van der Waals surface area contributed by atoms with Gasteiger partial charge in [0, 0.05) is 17.6 Å². The van der Waals surface area contributed by atoms with Crippen molar-refractivity contribution in [1.82, 2.24) is 4.31 Å². The third kappa shape index (κ3) is 4.53. The Bertz CT molecular complexity index is 967. The van der Waals surface area contributed by atoms with Crippen LogP contribution in [0, 0.1) is 5.82 Å². The van der Waals surface area contributed by atoms with E-state index in [4.69, 9.17) is 16.3 Å². The van der Waals surface area contributed by atoms with Crippen molar-refractivity contribution in [2.45, 2.75) is 36.9 Å². The summed E-state index contributed by atoms with van der Waals surface area (Å²) in [6.07, 6.45) is 1.30. The molecule has 0 bridgehead atoms. The lowest BCUT2D eigenvalue weighted by Gasteiger charge is -2.23. The van der Waals surface area contributed by atoms with Crippen LogP contribution in [-0.2, 0) is 16.6 Å². The lowest BCUT2D eigenvalue weighted by atomic mass is 10.2. The number of rotatable bonds is 8. The molecule has 1 saturated carbocycles. The molecular weight excluding hydrogens is 419 g/mol. The molecule has 0 atom stereocenters. The SMILES string of the molecule is COc1cc(CN(C2CC2)S(=O)(=O)c2ccc(Cl)cc2F)ccc1OC(F)F. The van der Waals surface area contributed by atoms with Gasteiger partial charge in [0.1, 0.15) is 10.7 Å². The summed E-state index contributed by atoms with van der Waals surface area (Å²) in [7, 11) is -2.84. The van der Waals surface area contributed by atoms with Gasteiger partial charge >= 0.3 is 6.61 Å². The van der Waals surface area contributed by atoms with Gasteiger partial charge in [0.15, 0.2) is 11.5 Å². The molecule has 2 aromatic carbocycles. The molecule has 0 aromatic heterocycles. The minimum atomic E-state index is -4.12. The number of hydrogen-bond acceptors (Lipinski definition) is 4. The summed E-state index contributed by atoms with van der Waals surface area (Å²) in [5, 5.41) is 0.0915. The Hall–Kier alpha value is -1.97. The van der Waals surface area contributed by atoms with E-state index in [0.717, 1.165) is 12.1 Å². The molecule has 0 saturated heterocycles. The van der Waals surface area contributed by atoms with Crippen molar-refractivity contribution in [2.24, 2.45) is 0 Å². The highest BCUT2D eigenvalue weighted by Gasteiger charge is 2.39. The van der Waals surface area contributed by atoms with Gasteiger partial charge in [-0.25, -0.2) is 12.8 Å². The van der Waals surface area contributed by atoms with Gasteiger partial charge in [0.2, 0.25) is 10.0 Å². The second kappa shape index (κ2) is 8.18. The highest BCUT2D eigenvalue weighted by Crippen LogP contribution is 2.36. The van der Waals surface area contributed by atoms with Gasteiger partial charge in [0.25, 0.3) is 0 Å². The van der Waals surface area contributed by atoms with E-state index in [1.807, 2.05) is 0 Å². The fourth-order valence-corrected chi connectivity index (χ4v) is 4.65. The highest BCUT2D eigenvalue weighted by molar-refractivity contribution is 7.89. The molecule has 5 nitrogen and oxygen atoms in total. The largest absolute Gasteiger partial charge is 0.493 e. The van der Waals surface area contributed by atoms with Crippen molar-refractivity contribution in [3.8, 4) is 11.5 Å². The third-order valence-corrected chi connectivity index (χ3v) is 6.38. The molecule has 28 heavy (non-hydrogen) atoms. The molecule has 1 fully saturated rings. The third-order valence-electron chi connectivity index (χ3n) is 4.22. The van der Waals surface area contributed by atoms with E-state index in [2.05, 4.69) is 4.74 Å². The highest BCUT2D eigenvalue weighted by atomic mass is 35.5. The van der Waals surface area contributed by atoms with Crippen LogP contribution >= 0.6 is 11.6 Å². The summed E-state index contributed by atoms with van der Waals surface area (Å²) in [5.74, 6) is -1.05. The smallest absolute Gasteiger partial charge is 0.387 e. The molecule has 0 unspecified atom stereocenters. The number of benzene rings is 2. The maximum atomic E-state index is 14.2. The minimum Gasteiger partial charge on any atom is -0.493 e. The van der Waals surface area contributed by atoms with Crippen LogP contribution in [0.1, 0.15) is 18.4 Å². The molecule has 1 aliphatic carbocycles. The Morgan fingerprint density at radius 2 is 1.89 bits per heavy atom. The number of halogens is 4. The number of hydrogen-bond donors (Lipinski definition) is 0. The molecule has 0 N–H and O–H groups in total. The van der Waals surface area contributed by atoms with Gasteiger partial charge in [0.05, 0.1) is 7.11 Å². The van der Waals surface area contributed by atoms with Gasteiger partial charge in [-0.3, -0.25) is 0 Å². The summed E-state index contributed by atoms with van der Waals surface area (Å²) in [6.45, 7) is -3.09. The van der Waals surface area contributed by atoms with Crippen LogP contribution < -0.4 is 9.47 Å². The molecule has 0 heterocycles. The first-order chi connectivity index (χ1) is 13.2. The van der Waals surface area contributed by atoms with Crippen molar-refractivity contribution >= 4 is 21.6 Å². The fraction of sp³-hybridized carbons (Fsp3) is 0.333. The summed E-state index contributed by atoms with van der Waals surface area (Å²) < 4.78 is 75.8. The zero-order valence-electron chi connectivity index (χ0n) is 14.7. The molecule has 152 valence electrons. The van der Waals surface area contributed by atoms with Crippen molar-refractivity contribution in [3.05, 3.63) is 52.8 Å². The molecule has 2 aromatic rings. The summed E-state index contributed by atoms with van der Waals surface area (Å²) in [4.78, 5) is -0.464.